The minimum atomic E-state index is -3.11. The van der Waals surface area contributed by atoms with Crippen molar-refractivity contribution in [1.29, 1.82) is 0 Å². The molecule has 0 unspecified atom stereocenters. The van der Waals surface area contributed by atoms with Crippen molar-refractivity contribution in [3.8, 4) is 11.3 Å². The van der Waals surface area contributed by atoms with E-state index in [1.807, 2.05) is 0 Å². The summed E-state index contributed by atoms with van der Waals surface area (Å²) in [5, 5.41) is 3.03. The second-order valence-corrected chi connectivity index (χ2v) is 5.92. The minimum absolute atomic E-state index is 0. The normalized spacial score (nSPS) is 10.7. The summed E-state index contributed by atoms with van der Waals surface area (Å²) in [6.07, 6.45) is 1.62. The molecule has 0 aliphatic heterocycles. The van der Waals surface area contributed by atoms with Crippen molar-refractivity contribution >= 4 is 53.9 Å². The van der Waals surface area contributed by atoms with Crippen LogP contribution in [0.25, 0.3) is 11.3 Å². The number of nitrogens with zero attached hydrogens (tertiary/aromatic N) is 1. The smallest absolute Gasteiger partial charge is 0.277 e. The number of aromatic nitrogens is 1. The molecular weight excluding hydrogens is 434 g/mol. The third kappa shape index (κ3) is 7.25. The van der Waals surface area contributed by atoms with Gasteiger partial charge < -0.3 is 15.5 Å². The Morgan fingerprint density at radius 3 is 2.62 bits per heavy atom. The van der Waals surface area contributed by atoms with Gasteiger partial charge in [-0.2, -0.15) is 0 Å². The van der Waals surface area contributed by atoms with Crippen molar-refractivity contribution in [2.45, 2.75) is 18.8 Å². The molecule has 5 nitrogen and oxygen atoms in total. The van der Waals surface area contributed by atoms with Crippen molar-refractivity contribution in [2.24, 2.45) is 5.73 Å². The number of hydrogen-bond acceptors (Lipinski definition) is 4. The molecule has 26 heavy (non-hydrogen) atoms. The van der Waals surface area contributed by atoms with Crippen molar-refractivity contribution in [2.75, 3.05) is 13.1 Å². The molecule has 2 aromatic rings. The predicted molar refractivity (Wildman–Crippen MR) is 102 cm³/mol. The third-order valence-electron chi connectivity index (χ3n) is 3.16. The van der Waals surface area contributed by atoms with Crippen LogP contribution in [0.15, 0.2) is 28.8 Å². The molecule has 0 spiro atoms. The van der Waals surface area contributed by atoms with Crippen molar-refractivity contribution in [3.05, 3.63) is 40.3 Å². The van der Waals surface area contributed by atoms with Crippen LogP contribution in [0.5, 0.6) is 0 Å². The lowest BCUT2D eigenvalue weighted by molar-refractivity contribution is -0.122. The van der Waals surface area contributed by atoms with Crippen LogP contribution in [0.1, 0.15) is 12.3 Å². The molecule has 1 amide bonds. The van der Waals surface area contributed by atoms with E-state index < -0.39 is 24.9 Å². The molecular formula is C15H17Cl4F2N3O2. The zero-order chi connectivity index (χ0) is 17.7. The SMILES string of the molecule is Cl.Cl.NCC(F)(F)CNC(=O)CCc1ncc(-c2ccc(Cl)cc2Cl)o1. The summed E-state index contributed by atoms with van der Waals surface area (Å²) in [6, 6.07) is 4.93. The highest BCUT2D eigenvalue weighted by Gasteiger charge is 2.27. The first-order valence-electron chi connectivity index (χ1n) is 7.05. The molecule has 1 aromatic carbocycles. The fourth-order valence-corrected chi connectivity index (χ4v) is 2.35. The monoisotopic (exact) mass is 449 g/mol. The maximum Gasteiger partial charge on any atom is 0.277 e. The van der Waals surface area contributed by atoms with Crippen LogP contribution in [-0.4, -0.2) is 29.9 Å². The van der Waals surface area contributed by atoms with Gasteiger partial charge in [0.2, 0.25) is 5.91 Å². The van der Waals surface area contributed by atoms with Gasteiger partial charge in [0.1, 0.15) is 0 Å². The summed E-state index contributed by atoms with van der Waals surface area (Å²) < 4.78 is 31.4. The highest BCUT2D eigenvalue weighted by molar-refractivity contribution is 6.36. The Hall–Kier alpha value is -1.12. The van der Waals surface area contributed by atoms with Gasteiger partial charge in [-0.3, -0.25) is 4.79 Å². The van der Waals surface area contributed by atoms with Crippen LogP contribution in [0.3, 0.4) is 0 Å². The Bertz CT molecular complexity index is 729. The minimum Gasteiger partial charge on any atom is -0.441 e. The Morgan fingerprint density at radius 1 is 1.31 bits per heavy atom. The maximum atomic E-state index is 12.9. The van der Waals surface area contributed by atoms with Crippen LogP contribution in [0.2, 0.25) is 10.0 Å². The molecule has 2 rings (SSSR count). The number of aryl methyl sites for hydroxylation is 1. The third-order valence-corrected chi connectivity index (χ3v) is 3.71. The van der Waals surface area contributed by atoms with Gasteiger partial charge in [-0.15, -0.1) is 24.8 Å². The van der Waals surface area contributed by atoms with E-state index in [-0.39, 0.29) is 37.7 Å². The lowest BCUT2D eigenvalue weighted by atomic mass is 10.2. The van der Waals surface area contributed by atoms with Gasteiger partial charge >= 0.3 is 0 Å². The highest BCUT2D eigenvalue weighted by atomic mass is 35.5. The molecule has 0 fully saturated rings. The summed E-state index contributed by atoms with van der Waals surface area (Å²) >= 11 is 11.9. The van der Waals surface area contributed by atoms with E-state index in [4.69, 9.17) is 33.4 Å². The number of amides is 1. The summed E-state index contributed by atoms with van der Waals surface area (Å²) in [4.78, 5) is 15.6. The van der Waals surface area contributed by atoms with Gasteiger partial charge in [-0.05, 0) is 18.2 Å². The number of carbonyl (C=O) groups excluding carboxylic acids is 1. The maximum absolute atomic E-state index is 12.9. The number of nitrogens with two attached hydrogens (primary N) is 1. The number of rotatable bonds is 7. The van der Waals surface area contributed by atoms with E-state index in [2.05, 4.69) is 10.3 Å². The van der Waals surface area contributed by atoms with E-state index in [0.717, 1.165) is 0 Å². The molecule has 0 saturated heterocycles. The topological polar surface area (TPSA) is 81.1 Å². The molecule has 0 radical (unpaired) electrons. The zero-order valence-corrected chi connectivity index (χ0v) is 16.5. The lowest BCUT2D eigenvalue weighted by Crippen LogP contribution is -2.41. The molecule has 0 atom stereocenters. The lowest BCUT2D eigenvalue weighted by Gasteiger charge is -2.14. The molecule has 0 saturated carbocycles. The number of carbonyl (C=O) groups is 1. The standard InChI is InChI=1S/C15H15Cl2F2N3O2.2ClH/c16-9-1-2-10(11(17)5-9)12-6-21-14(24-12)4-3-13(23)22-8-15(18,19)7-20;;/h1-2,5-6H,3-4,7-8,20H2,(H,22,23);2*1H. The Balaban J connectivity index is 0.00000312. The Kier molecular flexibility index (Phi) is 10.4. The van der Waals surface area contributed by atoms with Gasteiger partial charge in [0, 0.05) is 23.4 Å². The molecule has 1 heterocycles. The average Bonchev–Trinajstić information content (AvgIpc) is 2.99. The summed E-state index contributed by atoms with van der Waals surface area (Å²) in [5.74, 6) is -2.91. The second-order valence-electron chi connectivity index (χ2n) is 5.08. The number of alkyl halides is 2. The van der Waals surface area contributed by atoms with Crippen LogP contribution >= 0.6 is 48.0 Å². The van der Waals surface area contributed by atoms with Gasteiger partial charge in [0.25, 0.3) is 5.92 Å². The number of nitrogens with one attached hydrogen (secondary N) is 1. The fraction of sp³-hybridized carbons (Fsp3) is 0.333. The fourth-order valence-electron chi connectivity index (χ4n) is 1.85. The summed E-state index contributed by atoms with van der Waals surface area (Å²) in [7, 11) is 0. The second kappa shape index (κ2) is 10.9. The molecule has 0 aliphatic rings. The Labute approximate surface area is 171 Å². The van der Waals surface area contributed by atoms with Gasteiger partial charge in [0.05, 0.1) is 24.3 Å². The van der Waals surface area contributed by atoms with E-state index in [1.165, 1.54) is 6.20 Å². The van der Waals surface area contributed by atoms with Crippen LogP contribution in [0, 0.1) is 0 Å². The first-order valence-corrected chi connectivity index (χ1v) is 7.81. The molecule has 0 bridgehead atoms. The van der Waals surface area contributed by atoms with Gasteiger partial charge in [-0.1, -0.05) is 23.2 Å². The number of oxazole rings is 1. The van der Waals surface area contributed by atoms with Gasteiger partial charge in [0.15, 0.2) is 11.7 Å². The van der Waals surface area contributed by atoms with Crippen molar-refractivity contribution in [3.63, 3.8) is 0 Å². The quantitative estimate of drug-likeness (QED) is 0.664. The summed E-state index contributed by atoms with van der Waals surface area (Å²) in [6.45, 7) is -1.61. The highest BCUT2D eigenvalue weighted by Crippen LogP contribution is 2.30. The van der Waals surface area contributed by atoms with Crippen LogP contribution in [-0.2, 0) is 11.2 Å². The van der Waals surface area contributed by atoms with E-state index in [0.29, 0.717) is 27.3 Å². The first-order chi connectivity index (χ1) is 11.3. The molecule has 0 aliphatic carbocycles. The van der Waals surface area contributed by atoms with Gasteiger partial charge in [-0.25, -0.2) is 13.8 Å². The van der Waals surface area contributed by atoms with E-state index in [9.17, 15) is 13.6 Å². The predicted octanol–water partition coefficient (Wildman–Crippen LogP) is 4.13. The average molecular weight is 451 g/mol. The van der Waals surface area contributed by atoms with E-state index >= 15 is 0 Å². The largest absolute Gasteiger partial charge is 0.441 e. The number of halogens is 6. The number of benzene rings is 1. The van der Waals surface area contributed by atoms with Crippen LogP contribution < -0.4 is 11.1 Å². The molecule has 146 valence electrons. The number of hydrogen-bond donors (Lipinski definition) is 2. The van der Waals surface area contributed by atoms with E-state index in [1.54, 1.807) is 18.2 Å². The molecule has 3 N–H and O–H groups in total. The van der Waals surface area contributed by atoms with Crippen molar-refractivity contribution < 1.29 is 18.0 Å². The molecule has 1 aromatic heterocycles. The first kappa shape index (κ1) is 24.9. The Morgan fingerprint density at radius 2 is 2.00 bits per heavy atom. The molecule has 11 heteroatoms. The van der Waals surface area contributed by atoms with Crippen molar-refractivity contribution in [1.82, 2.24) is 10.3 Å². The summed E-state index contributed by atoms with van der Waals surface area (Å²) in [5.41, 5.74) is 5.51. The van der Waals surface area contributed by atoms with Crippen LogP contribution in [0.4, 0.5) is 8.78 Å². The zero-order valence-electron chi connectivity index (χ0n) is 13.3.